The molecule has 2 aromatic rings. The Hall–Kier alpha value is -2.74. The van der Waals surface area contributed by atoms with Crippen LogP contribution in [0.4, 0.5) is 17.2 Å². The average Bonchev–Trinajstić information content (AvgIpc) is 3.11. The number of halogens is 1. The van der Waals surface area contributed by atoms with E-state index < -0.39 is 10.8 Å². The number of nitrogens with zero attached hydrogens (tertiary/aromatic N) is 4. The van der Waals surface area contributed by atoms with E-state index in [2.05, 4.69) is 20.4 Å². The molecule has 0 unspecified atom stereocenters. The summed E-state index contributed by atoms with van der Waals surface area (Å²) in [4.78, 5) is 24.4. The van der Waals surface area contributed by atoms with Gasteiger partial charge in [0.1, 0.15) is 0 Å². The fourth-order valence-corrected chi connectivity index (χ4v) is 2.69. The van der Waals surface area contributed by atoms with Gasteiger partial charge in [-0.1, -0.05) is 11.6 Å². The average molecular weight is 348 g/mol. The molecule has 0 aliphatic carbocycles. The van der Waals surface area contributed by atoms with E-state index >= 15 is 0 Å². The number of carbonyl (C=O) groups is 1. The number of hydrogen-bond acceptors (Lipinski definition) is 6. The Morgan fingerprint density at radius 1 is 1.21 bits per heavy atom. The minimum atomic E-state index is -0.556. The van der Waals surface area contributed by atoms with Gasteiger partial charge < -0.3 is 10.2 Å². The molecule has 0 spiro atoms. The van der Waals surface area contributed by atoms with Crippen molar-refractivity contribution < 1.29 is 9.72 Å². The van der Waals surface area contributed by atoms with Gasteiger partial charge in [0.25, 0.3) is 11.6 Å². The number of nitrogens with one attached hydrogen (secondary N) is 1. The first-order valence-corrected chi connectivity index (χ1v) is 7.76. The summed E-state index contributed by atoms with van der Waals surface area (Å²) in [5, 5.41) is 21.4. The number of benzene rings is 1. The molecule has 1 aliphatic rings. The minimum Gasteiger partial charge on any atom is -0.355 e. The van der Waals surface area contributed by atoms with Gasteiger partial charge in [0.05, 0.1) is 15.6 Å². The zero-order chi connectivity index (χ0) is 17.1. The van der Waals surface area contributed by atoms with Crippen LogP contribution < -0.4 is 10.2 Å². The van der Waals surface area contributed by atoms with E-state index in [1.54, 1.807) is 12.1 Å². The number of aromatic nitrogens is 2. The number of nitro groups is 1. The van der Waals surface area contributed by atoms with E-state index in [0.29, 0.717) is 0 Å². The molecule has 1 amide bonds. The van der Waals surface area contributed by atoms with Crippen molar-refractivity contribution in [2.75, 3.05) is 23.3 Å². The van der Waals surface area contributed by atoms with Crippen LogP contribution in [-0.4, -0.2) is 34.1 Å². The molecule has 1 saturated heterocycles. The Balaban J connectivity index is 1.71. The van der Waals surface area contributed by atoms with Gasteiger partial charge in [0, 0.05) is 25.2 Å². The summed E-state index contributed by atoms with van der Waals surface area (Å²) in [5.41, 5.74) is 0.276. The predicted molar refractivity (Wildman–Crippen MR) is 89.5 cm³/mol. The van der Waals surface area contributed by atoms with Crippen molar-refractivity contribution >= 4 is 34.7 Å². The van der Waals surface area contributed by atoms with Gasteiger partial charge in [-0.3, -0.25) is 14.9 Å². The maximum Gasteiger partial charge on any atom is 0.276 e. The molecule has 3 rings (SSSR count). The first kappa shape index (κ1) is 16.1. The number of anilines is 2. The standard InChI is InChI=1S/C15H14ClN5O3/c16-11-9-10(21(23)24)3-4-12(11)17-15(22)13-5-6-14(19-18-13)20-7-1-2-8-20/h3-6,9H,1-2,7-8H2,(H,17,22). The van der Waals surface area contributed by atoms with Gasteiger partial charge in [-0.25, -0.2) is 0 Å². The van der Waals surface area contributed by atoms with Gasteiger partial charge in [0.15, 0.2) is 11.5 Å². The highest BCUT2D eigenvalue weighted by molar-refractivity contribution is 6.34. The minimum absolute atomic E-state index is 0.0826. The van der Waals surface area contributed by atoms with Gasteiger partial charge >= 0.3 is 0 Å². The van der Waals surface area contributed by atoms with E-state index in [9.17, 15) is 14.9 Å². The molecule has 1 aromatic carbocycles. The van der Waals surface area contributed by atoms with Crippen LogP contribution in [0.1, 0.15) is 23.3 Å². The third-order valence-corrected chi connectivity index (χ3v) is 4.04. The first-order valence-electron chi connectivity index (χ1n) is 7.38. The van der Waals surface area contributed by atoms with E-state index in [1.807, 2.05) is 0 Å². The first-order chi connectivity index (χ1) is 11.5. The summed E-state index contributed by atoms with van der Waals surface area (Å²) in [6.07, 6.45) is 2.26. The Labute approximate surface area is 142 Å². The molecular weight excluding hydrogens is 334 g/mol. The second-order valence-electron chi connectivity index (χ2n) is 5.35. The number of rotatable bonds is 4. The van der Waals surface area contributed by atoms with Gasteiger partial charge in [-0.05, 0) is 31.0 Å². The molecule has 8 nitrogen and oxygen atoms in total. The van der Waals surface area contributed by atoms with Crippen molar-refractivity contribution in [1.82, 2.24) is 10.2 Å². The molecule has 0 atom stereocenters. The number of hydrogen-bond donors (Lipinski definition) is 1. The molecule has 0 saturated carbocycles. The zero-order valence-corrected chi connectivity index (χ0v) is 13.4. The number of amides is 1. The van der Waals surface area contributed by atoms with E-state index in [1.165, 1.54) is 18.2 Å². The lowest BCUT2D eigenvalue weighted by Crippen LogP contribution is -2.21. The Morgan fingerprint density at radius 2 is 1.96 bits per heavy atom. The van der Waals surface area contributed by atoms with E-state index in [4.69, 9.17) is 11.6 Å². The van der Waals surface area contributed by atoms with Gasteiger partial charge in [-0.15, -0.1) is 10.2 Å². The van der Waals surface area contributed by atoms with Crippen LogP contribution in [0.5, 0.6) is 0 Å². The second kappa shape index (κ2) is 6.79. The van der Waals surface area contributed by atoms with Crippen LogP contribution in [-0.2, 0) is 0 Å². The van der Waals surface area contributed by atoms with Crippen molar-refractivity contribution in [3.8, 4) is 0 Å². The van der Waals surface area contributed by atoms with Crippen molar-refractivity contribution in [1.29, 1.82) is 0 Å². The van der Waals surface area contributed by atoms with Crippen molar-refractivity contribution in [3.05, 3.63) is 51.2 Å². The van der Waals surface area contributed by atoms with Gasteiger partial charge in [0.2, 0.25) is 0 Å². The largest absolute Gasteiger partial charge is 0.355 e. The predicted octanol–water partition coefficient (Wildman–Crippen LogP) is 2.89. The number of non-ortho nitro benzene ring substituents is 1. The maximum absolute atomic E-state index is 12.2. The maximum atomic E-state index is 12.2. The summed E-state index contributed by atoms with van der Waals surface area (Å²) in [7, 11) is 0. The zero-order valence-electron chi connectivity index (χ0n) is 12.6. The molecular formula is C15H14ClN5O3. The molecule has 1 aromatic heterocycles. The lowest BCUT2D eigenvalue weighted by atomic mass is 10.2. The van der Waals surface area contributed by atoms with Crippen LogP contribution in [0.3, 0.4) is 0 Å². The molecule has 24 heavy (non-hydrogen) atoms. The lowest BCUT2D eigenvalue weighted by Gasteiger charge is -2.15. The second-order valence-corrected chi connectivity index (χ2v) is 5.75. The monoisotopic (exact) mass is 347 g/mol. The molecule has 124 valence electrons. The smallest absolute Gasteiger partial charge is 0.276 e. The number of carbonyl (C=O) groups excluding carboxylic acids is 1. The Morgan fingerprint density at radius 3 is 2.54 bits per heavy atom. The summed E-state index contributed by atoms with van der Waals surface area (Å²) < 4.78 is 0. The topological polar surface area (TPSA) is 101 Å². The van der Waals surface area contributed by atoms with Crippen LogP contribution in [0.15, 0.2) is 30.3 Å². The fourth-order valence-electron chi connectivity index (χ4n) is 2.47. The number of nitro benzene ring substituents is 1. The summed E-state index contributed by atoms with van der Waals surface area (Å²) in [5.74, 6) is 0.267. The van der Waals surface area contributed by atoms with Crippen molar-refractivity contribution in [3.63, 3.8) is 0 Å². The SMILES string of the molecule is O=C(Nc1ccc([N+](=O)[O-])cc1Cl)c1ccc(N2CCCC2)nn1. The Bertz CT molecular complexity index is 775. The highest BCUT2D eigenvalue weighted by Crippen LogP contribution is 2.27. The quantitative estimate of drug-likeness (QED) is 0.674. The fraction of sp³-hybridized carbons (Fsp3) is 0.267. The third kappa shape index (κ3) is 3.43. The summed E-state index contributed by atoms with van der Waals surface area (Å²) in [6, 6.07) is 7.17. The van der Waals surface area contributed by atoms with Crippen molar-refractivity contribution in [2.45, 2.75) is 12.8 Å². The molecule has 9 heteroatoms. The summed E-state index contributed by atoms with van der Waals surface area (Å²) in [6.45, 7) is 1.89. The van der Waals surface area contributed by atoms with Gasteiger partial charge in [-0.2, -0.15) is 0 Å². The van der Waals surface area contributed by atoms with Crippen LogP contribution in [0.2, 0.25) is 5.02 Å². The van der Waals surface area contributed by atoms with E-state index in [0.717, 1.165) is 31.7 Å². The van der Waals surface area contributed by atoms with Crippen molar-refractivity contribution in [2.24, 2.45) is 0 Å². The third-order valence-electron chi connectivity index (χ3n) is 3.72. The molecule has 1 aliphatic heterocycles. The highest BCUT2D eigenvalue weighted by Gasteiger charge is 2.16. The van der Waals surface area contributed by atoms with Crippen LogP contribution in [0, 0.1) is 10.1 Å². The molecule has 1 fully saturated rings. The van der Waals surface area contributed by atoms with Crippen LogP contribution >= 0.6 is 11.6 Å². The highest BCUT2D eigenvalue weighted by atomic mass is 35.5. The Kier molecular flexibility index (Phi) is 4.57. The molecule has 1 N–H and O–H groups in total. The normalized spacial score (nSPS) is 13.8. The molecule has 2 heterocycles. The lowest BCUT2D eigenvalue weighted by molar-refractivity contribution is -0.384. The molecule has 0 radical (unpaired) electrons. The summed E-state index contributed by atoms with van der Waals surface area (Å²) >= 11 is 5.95. The van der Waals surface area contributed by atoms with E-state index in [-0.39, 0.29) is 22.1 Å². The molecule has 0 bridgehead atoms. The van der Waals surface area contributed by atoms with Crippen LogP contribution in [0.25, 0.3) is 0 Å².